The number of hydrogen-bond acceptors (Lipinski definition) is 11. The highest BCUT2D eigenvalue weighted by atomic mass is 16.3. The molecule has 0 aromatic heterocycles. The Balaban J connectivity index is 2.92. The molecule has 0 unspecified atom stereocenters. The third kappa shape index (κ3) is 13.8. The summed E-state index contributed by atoms with van der Waals surface area (Å²) < 4.78 is 0. The SMILES string of the molecule is O=C(CCC(CCO)CCO)N1CN(C(=O)CCN(CCO)CCO)CN(C(=O)CCN(CCO)CCO)C1. The lowest BCUT2D eigenvalue weighted by Crippen LogP contribution is -2.60. The molecule has 1 fully saturated rings. The number of nitrogens with zero attached hydrogens (tertiary/aromatic N) is 5. The van der Waals surface area contributed by atoms with Crippen LogP contribution in [0.3, 0.4) is 0 Å². The van der Waals surface area contributed by atoms with Crippen molar-refractivity contribution in [2.45, 2.75) is 38.5 Å². The van der Waals surface area contributed by atoms with Crippen LogP contribution >= 0.6 is 0 Å². The fraction of sp³-hybridized carbons (Fsp3) is 0.880. The summed E-state index contributed by atoms with van der Waals surface area (Å²) in [5.41, 5.74) is 0. The molecule has 0 aromatic rings. The molecular formula is C25H49N5O9. The number of amides is 3. The van der Waals surface area contributed by atoms with Crippen molar-refractivity contribution in [3.8, 4) is 0 Å². The topological polar surface area (TPSA) is 189 Å². The van der Waals surface area contributed by atoms with Gasteiger partial charge in [-0.3, -0.25) is 24.2 Å². The van der Waals surface area contributed by atoms with Gasteiger partial charge < -0.3 is 45.3 Å². The van der Waals surface area contributed by atoms with Gasteiger partial charge in [0.25, 0.3) is 0 Å². The van der Waals surface area contributed by atoms with Crippen LogP contribution in [-0.4, -0.2) is 172 Å². The molecule has 1 aliphatic rings. The summed E-state index contributed by atoms with van der Waals surface area (Å²) in [6.07, 6.45) is 1.72. The minimum atomic E-state index is -0.271. The zero-order chi connectivity index (χ0) is 29.0. The fourth-order valence-corrected chi connectivity index (χ4v) is 4.57. The Labute approximate surface area is 231 Å². The van der Waals surface area contributed by atoms with Crippen LogP contribution in [0.1, 0.15) is 38.5 Å². The quantitative estimate of drug-likeness (QED) is 0.0829. The molecule has 1 saturated heterocycles. The number of carbonyl (C=O) groups is 3. The molecule has 0 atom stereocenters. The predicted octanol–water partition coefficient (Wildman–Crippen LogP) is -3.13. The molecule has 14 heteroatoms. The molecule has 228 valence electrons. The molecule has 6 N–H and O–H groups in total. The van der Waals surface area contributed by atoms with E-state index in [1.807, 2.05) is 0 Å². The van der Waals surface area contributed by atoms with Crippen molar-refractivity contribution >= 4 is 17.7 Å². The lowest BCUT2D eigenvalue weighted by Gasteiger charge is -2.42. The Kier molecular flexibility index (Phi) is 18.8. The molecule has 0 saturated carbocycles. The van der Waals surface area contributed by atoms with E-state index in [1.54, 1.807) is 9.80 Å². The van der Waals surface area contributed by atoms with E-state index in [-0.39, 0.29) is 103 Å². The van der Waals surface area contributed by atoms with Gasteiger partial charge in [-0.1, -0.05) is 0 Å². The normalized spacial score (nSPS) is 14.2. The van der Waals surface area contributed by atoms with Crippen molar-refractivity contribution < 1.29 is 45.0 Å². The van der Waals surface area contributed by atoms with Crippen LogP contribution in [0.5, 0.6) is 0 Å². The molecule has 0 aliphatic carbocycles. The van der Waals surface area contributed by atoms with E-state index in [9.17, 15) is 45.0 Å². The molecule has 0 spiro atoms. The summed E-state index contributed by atoms with van der Waals surface area (Å²) in [6, 6.07) is 0. The Morgan fingerprint density at radius 3 is 1.13 bits per heavy atom. The van der Waals surface area contributed by atoms with Crippen molar-refractivity contribution in [1.29, 1.82) is 0 Å². The lowest BCUT2D eigenvalue weighted by molar-refractivity contribution is -0.159. The number of rotatable bonds is 21. The van der Waals surface area contributed by atoms with Crippen molar-refractivity contribution in [3.05, 3.63) is 0 Å². The second kappa shape index (κ2) is 20.9. The minimum absolute atomic E-state index is 0.0130. The van der Waals surface area contributed by atoms with Crippen LogP contribution in [0.25, 0.3) is 0 Å². The van der Waals surface area contributed by atoms with E-state index in [0.717, 1.165) is 0 Å². The molecule has 14 nitrogen and oxygen atoms in total. The maximum Gasteiger partial charge on any atom is 0.226 e. The van der Waals surface area contributed by atoms with Crippen LogP contribution in [0.15, 0.2) is 0 Å². The van der Waals surface area contributed by atoms with Gasteiger partial charge in [-0.15, -0.1) is 0 Å². The molecule has 1 aliphatic heterocycles. The van der Waals surface area contributed by atoms with Gasteiger partial charge in [0.2, 0.25) is 17.7 Å². The Hall–Kier alpha value is -1.91. The van der Waals surface area contributed by atoms with Gasteiger partial charge in [-0.2, -0.15) is 0 Å². The summed E-state index contributed by atoms with van der Waals surface area (Å²) in [7, 11) is 0. The van der Waals surface area contributed by atoms with Crippen molar-refractivity contribution in [2.24, 2.45) is 5.92 Å². The van der Waals surface area contributed by atoms with Gasteiger partial charge in [0, 0.05) is 71.7 Å². The number of aliphatic hydroxyl groups is 6. The molecular weight excluding hydrogens is 514 g/mol. The van der Waals surface area contributed by atoms with Crippen LogP contribution < -0.4 is 0 Å². The average molecular weight is 564 g/mol. The zero-order valence-electron chi connectivity index (χ0n) is 23.1. The van der Waals surface area contributed by atoms with Crippen molar-refractivity contribution in [1.82, 2.24) is 24.5 Å². The first-order chi connectivity index (χ1) is 18.8. The second-order valence-electron chi connectivity index (χ2n) is 9.73. The molecule has 0 radical (unpaired) electrons. The molecule has 3 amide bonds. The smallest absolute Gasteiger partial charge is 0.226 e. The first-order valence-corrected chi connectivity index (χ1v) is 13.8. The van der Waals surface area contributed by atoms with Crippen LogP contribution in [0.4, 0.5) is 0 Å². The third-order valence-electron chi connectivity index (χ3n) is 6.87. The highest BCUT2D eigenvalue weighted by Gasteiger charge is 2.32. The fourth-order valence-electron chi connectivity index (χ4n) is 4.57. The van der Waals surface area contributed by atoms with Crippen molar-refractivity contribution in [3.63, 3.8) is 0 Å². The Morgan fingerprint density at radius 1 is 0.487 bits per heavy atom. The largest absolute Gasteiger partial charge is 0.396 e. The number of hydrogen-bond donors (Lipinski definition) is 6. The lowest BCUT2D eigenvalue weighted by atomic mass is 9.96. The standard InChI is InChI=1S/C25H49N5O9/c31-13-5-22(6-14-32)1-2-23(37)28-19-29(24(38)3-7-26(9-15-33)10-16-34)21-30(20-28)25(39)4-8-27(11-17-35)12-18-36/h22,31-36H,1-21H2. The highest BCUT2D eigenvalue weighted by Crippen LogP contribution is 2.18. The van der Waals surface area contributed by atoms with Gasteiger partial charge in [-0.05, 0) is 25.2 Å². The van der Waals surface area contributed by atoms with E-state index in [4.69, 9.17) is 0 Å². The summed E-state index contributed by atoms with van der Waals surface area (Å²) in [5.74, 6) is -0.800. The van der Waals surface area contributed by atoms with Gasteiger partial charge in [0.1, 0.15) is 0 Å². The van der Waals surface area contributed by atoms with Gasteiger partial charge in [0.15, 0.2) is 0 Å². The summed E-state index contributed by atoms with van der Waals surface area (Å²) >= 11 is 0. The van der Waals surface area contributed by atoms with E-state index in [1.165, 1.54) is 14.7 Å². The Bertz CT molecular complexity index is 589. The maximum absolute atomic E-state index is 13.1. The first kappa shape index (κ1) is 35.1. The predicted molar refractivity (Wildman–Crippen MR) is 142 cm³/mol. The zero-order valence-corrected chi connectivity index (χ0v) is 23.1. The molecule has 1 heterocycles. The van der Waals surface area contributed by atoms with Gasteiger partial charge >= 0.3 is 0 Å². The van der Waals surface area contributed by atoms with Crippen LogP contribution in [0, 0.1) is 5.92 Å². The second-order valence-corrected chi connectivity index (χ2v) is 9.73. The summed E-state index contributed by atoms with van der Waals surface area (Å²) in [5, 5.41) is 55.4. The summed E-state index contributed by atoms with van der Waals surface area (Å²) in [6.45, 7) is 1.38. The first-order valence-electron chi connectivity index (χ1n) is 13.8. The monoisotopic (exact) mass is 563 g/mol. The van der Waals surface area contributed by atoms with E-state index in [0.29, 0.717) is 58.5 Å². The van der Waals surface area contributed by atoms with Crippen molar-refractivity contribution in [2.75, 3.05) is 98.9 Å². The van der Waals surface area contributed by atoms with E-state index < -0.39 is 0 Å². The average Bonchev–Trinajstić information content (AvgIpc) is 2.93. The maximum atomic E-state index is 13.1. The van der Waals surface area contributed by atoms with Gasteiger partial charge in [-0.25, -0.2) is 0 Å². The van der Waals surface area contributed by atoms with E-state index >= 15 is 0 Å². The number of carbonyl (C=O) groups excluding carboxylic acids is 3. The highest BCUT2D eigenvalue weighted by molar-refractivity contribution is 5.82. The molecule has 0 bridgehead atoms. The summed E-state index contributed by atoms with van der Waals surface area (Å²) in [4.78, 5) is 47.2. The molecule has 39 heavy (non-hydrogen) atoms. The molecule has 1 rings (SSSR count). The van der Waals surface area contributed by atoms with Gasteiger partial charge in [0.05, 0.1) is 46.4 Å². The minimum Gasteiger partial charge on any atom is -0.396 e. The van der Waals surface area contributed by atoms with Crippen LogP contribution in [-0.2, 0) is 14.4 Å². The Morgan fingerprint density at radius 2 is 0.821 bits per heavy atom. The number of aliphatic hydroxyl groups excluding tert-OH is 6. The van der Waals surface area contributed by atoms with Crippen LogP contribution in [0.2, 0.25) is 0 Å². The van der Waals surface area contributed by atoms with E-state index in [2.05, 4.69) is 0 Å². The molecule has 0 aromatic carbocycles. The third-order valence-corrected chi connectivity index (χ3v) is 6.87.